The van der Waals surface area contributed by atoms with E-state index in [-0.39, 0.29) is 5.56 Å². The predicted molar refractivity (Wildman–Crippen MR) is 87.1 cm³/mol. The van der Waals surface area contributed by atoms with Crippen LogP contribution in [0.4, 0.5) is 13.2 Å². The van der Waals surface area contributed by atoms with E-state index in [2.05, 4.69) is 0 Å². The van der Waals surface area contributed by atoms with Crippen LogP contribution >= 0.6 is 0 Å². The molecular weight excluding hydrogens is 297 g/mol. The maximum Gasteiger partial charge on any atom is 0.417 e. The first-order valence-electron chi connectivity index (χ1n) is 7.30. The van der Waals surface area contributed by atoms with Crippen molar-refractivity contribution in [3.8, 4) is 22.3 Å². The van der Waals surface area contributed by atoms with Crippen molar-refractivity contribution in [3.05, 3.63) is 83.9 Å². The van der Waals surface area contributed by atoms with Gasteiger partial charge in [0.1, 0.15) is 0 Å². The number of alkyl halides is 3. The topological polar surface area (TPSA) is 0 Å². The molecule has 0 radical (unpaired) electrons. The Morgan fingerprint density at radius 3 is 1.57 bits per heavy atom. The van der Waals surface area contributed by atoms with Gasteiger partial charge in [-0.1, -0.05) is 66.7 Å². The van der Waals surface area contributed by atoms with E-state index in [1.54, 1.807) is 30.3 Å². The highest BCUT2D eigenvalue weighted by atomic mass is 19.4. The Kier molecular flexibility index (Phi) is 3.95. The van der Waals surface area contributed by atoms with E-state index in [1.807, 2.05) is 37.3 Å². The van der Waals surface area contributed by atoms with Gasteiger partial charge in [0.25, 0.3) is 0 Å². The van der Waals surface area contributed by atoms with Crippen LogP contribution in [0, 0.1) is 6.92 Å². The largest absolute Gasteiger partial charge is 0.417 e. The molecule has 0 N–H and O–H groups in total. The van der Waals surface area contributed by atoms with Crippen molar-refractivity contribution in [1.29, 1.82) is 0 Å². The molecule has 0 unspecified atom stereocenters. The highest BCUT2D eigenvalue weighted by Crippen LogP contribution is 2.43. The fourth-order valence-corrected chi connectivity index (χ4v) is 2.82. The second-order valence-corrected chi connectivity index (χ2v) is 5.41. The molecule has 0 aliphatic carbocycles. The van der Waals surface area contributed by atoms with Crippen molar-refractivity contribution < 1.29 is 13.2 Å². The van der Waals surface area contributed by atoms with Crippen LogP contribution in [0.25, 0.3) is 22.3 Å². The van der Waals surface area contributed by atoms with Crippen molar-refractivity contribution in [2.45, 2.75) is 13.1 Å². The highest BCUT2D eigenvalue weighted by molar-refractivity contribution is 5.88. The molecule has 0 amide bonds. The molecule has 23 heavy (non-hydrogen) atoms. The zero-order valence-corrected chi connectivity index (χ0v) is 12.6. The summed E-state index contributed by atoms with van der Waals surface area (Å²) in [5.41, 5.74) is 2.45. The van der Waals surface area contributed by atoms with Crippen molar-refractivity contribution in [2.75, 3.05) is 0 Å². The average molecular weight is 312 g/mol. The fourth-order valence-electron chi connectivity index (χ4n) is 2.82. The van der Waals surface area contributed by atoms with Crippen LogP contribution in [-0.2, 0) is 6.18 Å². The summed E-state index contributed by atoms with van der Waals surface area (Å²) in [7, 11) is 0. The van der Waals surface area contributed by atoms with Crippen LogP contribution in [0.2, 0.25) is 0 Å². The third-order valence-electron chi connectivity index (χ3n) is 3.84. The van der Waals surface area contributed by atoms with E-state index >= 15 is 0 Å². The Balaban J connectivity index is 2.39. The Labute approximate surface area is 133 Å². The zero-order valence-electron chi connectivity index (χ0n) is 12.6. The minimum atomic E-state index is -4.40. The molecule has 3 aromatic carbocycles. The molecule has 0 nitrogen and oxygen atoms in total. The summed E-state index contributed by atoms with van der Waals surface area (Å²) in [6.45, 7) is 1.84. The summed E-state index contributed by atoms with van der Waals surface area (Å²) in [5, 5.41) is 0. The minimum absolute atomic E-state index is 0.240. The van der Waals surface area contributed by atoms with E-state index in [0.29, 0.717) is 11.1 Å². The van der Waals surface area contributed by atoms with Crippen LogP contribution in [0.15, 0.2) is 72.8 Å². The van der Waals surface area contributed by atoms with Gasteiger partial charge in [0, 0.05) is 5.56 Å². The monoisotopic (exact) mass is 312 g/mol. The van der Waals surface area contributed by atoms with Gasteiger partial charge in [0.05, 0.1) is 5.56 Å². The van der Waals surface area contributed by atoms with Crippen molar-refractivity contribution in [3.63, 3.8) is 0 Å². The molecule has 0 saturated carbocycles. The van der Waals surface area contributed by atoms with Gasteiger partial charge in [-0.3, -0.25) is 0 Å². The molecule has 0 aliphatic rings. The second-order valence-electron chi connectivity index (χ2n) is 5.41. The smallest absolute Gasteiger partial charge is 0.166 e. The number of aryl methyl sites for hydroxylation is 1. The molecule has 0 aromatic heterocycles. The maximum absolute atomic E-state index is 13.6. The molecule has 0 saturated heterocycles. The third-order valence-corrected chi connectivity index (χ3v) is 3.84. The average Bonchev–Trinajstić information content (AvgIpc) is 2.55. The zero-order chi connectivity index (χ0) is 16.4. The molecule has 3 rings (SSSR count). The molecule has 116 valence electrons. The van der Waals surface area contributed by atoms with E-state index in [0.717, 1.165) is 11.1 Å². The second kappa shape index (κ2) is 5.92. The van der Waals surface area contributed by atoms with Gasteiger partial charge in [-0.25, -0.2) is 0 Å². The Bertz CT molecular complexity index is 804. The summed E-state index contributed by atoms with van der Waals surface area (Å²) in [4.78, 5) is 0. The lowest BCUT2D eigenvalue weighted by molar-refractivity contribution is -0.137. The quantitative estimate of drug-likeness (QED) is 0.517. The highest BCUT2D eigenvalue weighted by Gasteiger charge is 2.35. The SMILES string of the molecule is Cc1ccc(C(F)(F)F)c(-c2ccccc2)c1-c1ccccc1. The Hall–Kier alpha value is -2.55. The number of benzene rings is 3. The summed E-state index contributed by atoms with van der Waals surface area (Å²) in [6, 6.07) is 20.7. The van der Waals surface area contributed by atoms with Crippen LogP contribution in [-0.4, -0.2) is 0 Å². The van der Waals surface area contributed by atoms with Crippen LogP contribution in [0.1, 0.15) is 11.1 Å². The number of hydrogen-bond donors (Lipinski definition) is 0. The van der Waals surface area contributed by atoms with Crippen LogP contribution in [0.3, 0.4) is 0 Å². The van der Waals surface area contributed by atoms with E-state index in [9.17, 15) is 13.2 Å². The first-order chi connectivity index (χ1) is 11.0. The van der Waals surface area contributed by atoms with Crippen molar-refractivity contribution in [2.24, 2.45) is 0 Å². The lowest BCUT2D eigenvalue weighted by Gasteiger charge is -2.19. The number of hydrogen-bond acceptors (Lipinski definition) is 0. The van der Waals surface area contributed by atoms with Gasteiger partial charge in [-0.15, -0.1) is 0 Å². The molecule has 3 aromatic rings. The Morgan fingerprint density at radius 2 is 1.09 bits per heavy atom. The first-order valence-corrected chi connectivity index (χ1v) is 7.30. The standard InChI is InChI=1S/C20H15F3/c1-14-12-13-17(20(21,22)23)19(16-10-6-3-7-11-16)18(14)15-8-4-2-5-9-15/h2-13H,1H3. The van der Waals surface area contributed by atoms with Gasteiger partial charge in [-0.2, -0.15) is 13.2 Å². The number of rotatable bonds is 2. The summed E-state index contributed by atoms with van der Waals surface area (Å²) in [5.74, 6) is 0. The molecule has 0 fully saturated rings. The third kappa shape index (κ3) is 3.00. The molecule has 0 bridgehead atoms. The lowest BCUT2D eigenvalue weighted by Crippen LogP contribution is -2.09. The molecule has 0 spiro atoms. The summed E-state index contributed by atoms with van der Waals surface area (Å²) >= 11 is 0. The predicted octanol–water partition coefficient (Wildman–Crippen LogP) is 6.35. The van der Waals surface area contributed by atoms with Gasteiger partial charge in [0.2, 0.25) is 0 Å². The van der Waals surface area contributed by atoms with Crippen LogP contribution < -0.4 is 0 Å². The molecule has 3 heteroatoms. The van der Waals surface area contributed by atoms with Gasteiger partial charge < -0.3 is 0 Å². The minimum Gasteiger partial charge on any atom is -0.166 e. The van der Waals surface area contributed by atoms with E-state index < -0.39 is 11.7 Å². The molecular formula is C20H15F3. The first kappa shape index (κ1) is 15.3. The van der Waals surface area contributed by atoms with Crippen LogP contribution in [0.5, 0.6) is 0 Å². The summed E-state index contributed by atoms with van der Waals surface area (Å²) in [6.07, 6.45) is -4.40. The normalized spacial score (nSPS) is 11.5. The number of halogens is 3. The molecule has 0 atom stereocenters. The summed E-state index contributed by atoms with van der Waals surface area (Å²) < 4.78 is 40.7. The van der Waals surface area contributed by atoms with Crippen molar-refractivity contribution in [1.82, 2.24) is 0 Å². The van der Waals surface area contributed by atoms with E-state index in [4.69, 9.17) is 0 Å². The fraction of sp³-hybridized carbons (Fsp3) is 0.100. The van der Waals surface area contributed by atoms with Gasteiger partial charge >= 0.3 is 6.18 Å². The Morgan fingerprint density at radius 1 is 0.609 bits per heavy atom. The van der Waals surface area contributed by atoms with Crippen molar-refractivity contribution >= 4 is 0 Å². The lowest BCUT2D eigenvalue weighted by atomic mass is 9.87. The molecule has 0 heterocycles. The van der Waals surface area contributed by atoms with Gasteiger partial charge in [-0.05, 0) is 35.2 Å². The van der Waals surface area contributed by atoms with Gasteiger partial charge in [0.15, 0.2) is 0 Å². The van der Waals surface area contributed by atoms with E-state index in [1.165, 1.54) is 12.1 Å². The maximum atomic E-state index is 13.6. The molecule has 0 aliphatic heterocycles.